The van der Waals surface area contributed by atoms with Crippen LogP contribution in [0, 0.1) is 0 Å². The van der Waals surface area contributed by atoms with Gasteiger partial charge in [0.1, 0.15) is 4.88 Å². The Balaban J connectivity index is 1.80. The average molecular weight is 367 g/mol. The number of halogens is 1. The van der Waals surface area contributed by atoms with Gasteiger partial charge in [0.2, 0.25) is 0 Å². The largest absolute Gasteiger partial charge is 0.397 e. The number of hydrogen-bond acceptors (Lipinski definition) is 4. The van der Waals surface area contributed by atoms with Crippen molar-refractivity contribution in [2.24, 2.45) is 0 Å². The topological polar surface area (TPSA) is 55.1 Å². The van der Waals surface area contributed by atoms with E-state index in [0.29, 0.717) is 17.1 Å². The summed E-state index contributed by atoms with van der Waals surface area (Å²) in [5, 5.41) is 5.85. The second-order valence-corrected chi connectivity index (χ2v) is 7.22. The van der Waals surface area contributed by atoms with Crippen LogP contribution in [0.5, 0.6) is 0 Å². The van der Waals surface area contributed by atoms with Gasteiger partial charge in [-0.3, -0.25) is 4.79 Å². The maximum atomic E-state index is 12.2. The number of amides is 1. The number of rotatable bonds is 3. The van der Waals surface area contributed by atoms with Crippen molar-refractivity contribution in [2.75, 3.05) is 5.73 Å². The molecule has 3 nitrogen and oxygen atoms in total. The third-order valence-corrected chi connectivity index (χ3v) is 5.77. The number of carbonyl (C=O) groups is 1. The van der Waals surface area contributed by atoms with Crippen molar-refractivity contribution in [3.05, 3.63) is 49.9 Å². The van der Waals surface area contributed by atoms with Crippen LogP contribution < -0.4 is 11.1 Å². The van der Waals surface area contributed by atoms with Crippen LogP contribution in [-0.4, -0.2) is 5.91 Å². The lowest BCUT2D eigenvalue weighted by atomic mass is 10.2. The first-order chi connectivity index (χ1) is 9.65. The van der Waals surface area contributed by atoms with Crippen LogP contribution in [0.1, 0.15) is 14.5 Å². The van der Waals surface area contributed by atoms with Gasteiger partial charge >= 0.3 is 0 Å². The Morgan fingerprint density at radius 1 is 1.35 bits per heavy atom. The van der Waals surface area contributed by atoms with Gasteiger partial charge in [-0.05, 0) is 28.1 Å². The molecule has 2 aromatic heterocycles. The highest BCUT2D eigenvalue weighted by Crippen LogP contribution is 2.33. The third kappa shape index (κ3) is 2.59. The summed E-state index contributed by atoms with van der Waals surface area (Å²) < 4.78 is 2.07. The maximum Gasteiger partial charge on any atom is 0.263 e. The first kappa shape index (κ1) is 13.6. The molecular formula is C14H11BrN2OS2. The van der Waals surface area contributed by atoms with Crippen LogP contribution in [0.15, 0.2) is 40.2 Å². The maximum absolute atomic E-state index is 12.2. The number of nitrogens with one attached hydrogen (secondary N) is 1. The van der Waals surface area contributed by atoms with Crippen LogP contribution in [0.2, 0.25) is 0 Å². The number of nitrogen functional groups attached to an aromatic ring is 1. The lowest BCUT2D eigenvalue weighted by molar-refractivity contribution is 0.0956. The SMILES string of the molecule is Nc1c(C(=O)NCc2cc(Br)cs2)sc2ccccc12. The predicted octanol–water partition coefficient (Wildman–Crippen LogP) is 4.24. The van der Waals surface area contributed by atoms with E-state index in [-0.39, 0.29) is 5.91 Å². The normalized spacial score (nSPS) is 10.8. The minimum absolute atomic E-state index is 0.117. The molecule has 0 aliphatic carbocycles. The van der Waals surface area contributed by atoms with Crippen molar-refractivity contribution in [2.45, 2.75) is 6.54 Å². The number of carbonyl (C=O) groups excluding carboxylic acids is 1. The van der Waals surface area contributed by atoms with E-state index in [0.717, 1.165) is 19.4 Å². The standard InChI is InChI=1S/C14H11BrN2OS2/c15-8-5-9(19-7-8)6-17-14(18)13-12(16)10-3-1-2-4-11(10)20-13/h1-5,7H,6,16H2,(H,17,18). The van der Waals surface area contributed by atoms with Crippen molar-refractivity contribution in [3.63, 3.8) is 0 Å². The monoisotopic (exact) mass is 366 g/mol. The number of nitrogens with two attached hydrogens (primary N) is 1. The summed E-state index contributed by atoms with van der Waals surface area (Å²) in [4.78, 5) is 13.9. The van der Waals surface area contributed by atoms with E-state index in [2.05, 4.69) is 21.2 Å². The Morgan fingerprint density at radius 3 is 2.85 bits per heavy atom. The Labute approximate surface area is 132 Å². The van der Waals surface area contributed by atoms with Gasteiger partial charge in [0.15, 0.2) is 0 Å². The predicted molar refractivity (Wildman–Crippen MR) is 89.4 cm³/mol. The summed E-state index contributed by atoms with van der Waals surface area (Å²) in [5.74, 6) is -0.117. The van der Waals surface area contributed by atoms with Gasteiger partial charge in [0.05, 0.1) is 12.2 Å². The van der Waals surface area contributed by atoms with Gasteiger partial charge < -0.3 is 11.1 Å². The van der Waals surface area contributed by atoms with E-state index in [4.69, 9.17) is 5.73 Å². The molecule has 1 amide bonds. The molecule has 0 saturated heterocycles. The highest BCUT2D eigenvalue weighted by molar-refractivity contribution is 9.10. The van der Waals surface area contributed by atoms with Gasteiger partial charge in [0.25, 0.3) is 5.91 Å². The van der Waals surface area contributed by atoms with Crippen LogP contribution in [0.4, 0.5) is 5.69 Å². The molecule has 0 radical (unpaired) electrons. The molecule has 20 heavy (non-hydrogen) atoms. The van der Waals surface area contributed by atoms with E-state index in [1.54, 1.807) is 11.3 Å². The fourth-order valence-electron chi connectivity index (χ4n) is 1.93. The zero-order valence-corrected chi connectivity index (χ0v) is 13.6. The molecular weight excluding hydrogens is 356 g/mol. The fraction of sp³-hybridized carbons (Fsp3) is 0.0714. The Bertz CT molecular complexity index is 778. The summed E-state index contributed by atoms with van der Waals surface area (Å²) in [6, 6.07) is 9.79. The highest BCUT2D eigenvalue weighted by Gasteiger charge is 2.15. The van der Waals surface area contributed by atoms with Crippen LogP contribution >= 0.6 is 38.6 Å². The zero-order chi connectivity index (χ0) is 14.1. The van der Waals surface area contributed by atoms with Gasteiger partial charge in [-0.15, -0.1) is 22.7 Å². The molecule has 0 fully saturated rings. The van der Waals surface area contributed by atoms with E-state index < -0.39 is 0 Å². The summed E-state index contributed by atoms with van der Waals surface area (Å²) in [5.41, 5.74) is 6.62. The second-order valence-electron chi connectivity index (χ2n) is 4.25. The van der Waals surface area contributed by atoms with E-state index in [1.165, 1.54) is 11.3 Å². The first-order valence-electron chi connectivity index (χ1n) is 5.93. The van der Waals surface area contributed by atoms with E-state index in [9.17, 15) is 4.79 Å². The van der Waals surface area contributed by atoms with Gasteiger partial charge in [0, 0.05) is 24.8 Å². The molecule has 0 bridgehead atoms. The summed E-state index contributed by atoms with van der Waals surface area (Å²) in [6.07, 6.45) is 0. The quantitative estimate of drug-likeness (QED) is 0.728. The number of fused-ring (bicyclic) bond motifs is 1. The molecule has 3 N–H and O–H groups in total. The Morgan fingerprint density at radius 2 is 2.15 bits per heavy atom. The lowest BCUT2D eigenvalue weighted by Crippen LogP contribution is -2.22. The third-order valence-electron chi connectivity index (χ3n) is 2.89. The average Bonchev–Trinajstić information content (AvgIpc) is 3.01. The van der Waals surface area contributed by atoms with E-state index in [1.807, 2.05) is 35.7 Å². The first-order valence-corrected chi connectivity index (χ1v) is 8.42. The van der Waals surface area contributed by atoms with Crippen molar-refractivity contribution in [1.82, 2.24) is 5.32 Å². The molecule has 0 atom stereocenters. The van der Waals surface area contributed by atoms with Gasteiger partial charge in [-0.25, -0.2) is 0 Å². The van der Waals surface area contributed by atoms with Crippen molar-refractivity contribution in [1.29, 1.82) is 0 Å². The van der Waals surface area contributed by atoms with E-state index >= 15 is 0 Å². The van der Waals surface area contributed by atoms with Crippen LogP contribution in [0.3, 0.4) is 0 Å². The molecule has 6 heteroatoms. The van der Waals surface area contributed by atoms with Gasteiger partial charge in [-0.1, -0.05) is 18.2 Å². The fourth-order valence-corrected chi connectivity index (χ4v) is 4.36. The lowest BCUT2D eigenvalue weighted by Gasteiger charge is -2.02. The molecule has 2 heterocycles. The molecule has 3 aromatic rings. The van der Waals surface area contributed by atoms with Crippen LogP contribution in [-0.2, 0) is 6.54 Å². The minimum atomic E-state index is -0.117. The summed E-state index contributed by atoms with van der Waals surface area (Å²) >= 11 is 6.43. The zero-order valence-electron chi connectivity index (χ0n) is 10.4. The Hall–Kier alpha value is -1.37. The molecule has 0 unspecified atom stereocenters. The summed E-state index contributed by atoms with van der Waals surface area (Å²) in [6.45, 7) is 0.517. The molecule has 102 valence electrons. The smallest absolute Gasteiger partial charge is 0.263 e. The molecule has 0 saturated carbocycles. The van der Waals surface area contributed by atoms with Crippen molar-refractivity contribution >= 4 is 60.3 Å². The van der Waals surface area contributed by atoms with Crippen molar-refractivity contribution < 1.29 is 4.79 Å². The molecule has 0 spiro atoms. The van der Waals surface area contributed by atoms with Crippen molar-refractivity contribution in [3.8, 4) is 0 Å². The molecule has 0 aliphatic rings. The number of benzene rings is 1. The molecule has 3 rings (SSSR count). The minimum Gasteiger partial charge on any atom is -0.397 e. The number of anilines is 1. The van der Waals surface area contributed by atoms with Gasteiger partial charge in [-0.2, -0.15) is 0 Å². The number of thiophene rings is 2. The van der Waals surface area contributed by atoms with Crippen LogP contribution in [0.25, 0.3) is 10.1 Å². The number of hydrogen-bond donors (Lipinski definition) is 2. The summed E-state index contributed by atoms with van der Waals surface area (Å²) in [7, 11) is 0. The Kier molecular flexibility index (Phi) is 3.78. The highest BCUT2D eigenvalue weighted by atomic mass is 79.9. The molecule has 0 aliphatic heterocycles. The second kappa shape index (κ2) is 5.55. The molecule has 1 aromatic carbocycles.